The molecule has 36 heavy (non-hydrogen) atoms. The van der Waals surface area contributed by atoms with Gasteiger partial charge < -0.3 is 15.2 Å². The number of carbonyl (C=O) groups excluding carboxylic acids is 1. The number of hydrogen-bond acceptors (Lipinski definition) is 7. The average molecular weight is 495 g/mol. The van der Waals surface area contributed by atoms with E-state index in [0.29, 0.717) is 29.4 Å². The Balaban J connectivity index is 1.38. The normalized spacial score (nSPS) is 11.5. The quantitative estimate of drug-likeness (QED) is 0.307. The van der Waals surface area contributed by atoms with Crippen LogP contribution in [-0.2, 0) is 4.79 Å². The second-order valence-electron chi connectivity index (χ2n) is 8.70. The van der Waals surface area contributed by atoms with Crippen LogP contribution in [0.1, 0.15) is 0 Å². The number of nitrogens with zero attached hydrogens (tertiary/aromatic N) is 5. The lowest BCUT2D eigenvalue weighted by Crippen LogP contribution is -2.27. The van der Waals surface area contributed by atoms with E-state index < -0.39 is 0 Å². The summed E-state index contributed by atoms with van der Waals surface area (Å²) in [4.78, 5) is 32.1. The molecule has 0 saturated heterocycles. The van der Waals surface area contributed by atoms with Gasteiger partial charge in [-0.25, -0.2) is 9.97 Å². The second-order valence-corrected chi connectivity index (χ2v) is 9.65. The summed E-state index contributed by atoms with van der Waals surface area (Å²) >= 11 is 1.68. The van der Waals surface area contributed by atoms with Crippen LogP contribution >= 0.6 is 11.3 Å². The number of thiophene rings is 1. The zero-order chi connectivity index (χ0) is 24.6. The van der Waals surface area contributed by atoms with Crippen molar-refractivity contribution >= 4 is 45.0 Å². The van der Waals surface area contributed by atoms with E-state index in [9.17, 15) is 4.79 Å². The Hall–Kier alpha value is -4.41. The van der Waals surface area contributed by atoms with Gasteiger partial charge in [0.1, 0.15) is 5.69 Å². The van der Waals surface area contributed by atoms with Crippen molar-refractivity contribution in [2.45, 2.75) is 0 Å². The smallest absolute Gasteiger partial charge is 0.238 e. The number of aromatic nitrogens is 6. The van der Waals surface area contributed by atoms with E-state index in [1.807, 2.05) is 49.3 Å². The first-order valence-electron chi connectivity index (χ1n) is 11.3. The third kappa shape index (κ3) is 4.12. The number of amides is 1. The summed E-state index contributed by atoms with van der Waals surface area (Å²) in [6.07, 6.45) is 5.20. The molecule has 6 rings (SSSR count). The minimum absolute atomic E-state index is 0.0908. The van der Waals surface area contributed by atoms with Gasteiger partial charge >= 0.3 is 0 Å². The SMILES string of the molecule is CN(C)CC(=O)Nc1cncc(-c2ccc3[nH]nc(-c4nc5nccc(-c6cccs6)c5[nH]4)c3c2)c1. The number of nitrogens with one attached hydrogen (secondary N) is 3. The van der Waals surface area contributed by atoms with Gasteiger partial charge in [-0.1, -0.05) is 12.1 Å². The zero-order valence-corrected chi connectivity index (χ0v) is 20.4. The molecule has 5 aromatic heterocycles. The van der Waals surface area contributed by atoms with Crippen LogP contribution in [0, 0.1) is 0 Å². The number of imidazole rings is 1. The molecule has 0 atom stereocenters. The molecule has 0 saturated carbocycles. The van der Waals surface area contributed by atoms with Gasteiger partial charge in [-0.2, -0.15) is 5.10 Å². The summed E-state index contributed by atoms with van der Waals surface area (Å²) in [5.41, 5.74) is 6.69. The van der Waals surface area contributed by atoms with Crippen molar-refractivity contribution in [2.75, 3.05) is 26.0 Å². The number of anilines is 1. The Kier molecular flexibility index (Phi) is 5.51. The lowest BCUT2D eigenvalue weighted by molar-refractivity contribution is -0.116. The van der Waals surface area contributed by atoms with Crippen molar-refractivity contribution < 1.29 is 4.79 Å². The lowest BCUT2D eigenvalue weighted by atomic mass is 10.0. The maximum Gasteiger partial charge on any atom is 0.238 e. The zero-order valence-electron chi connectivity index (χ0n) is 19.6. The molecule has 3 N–H and O–H groups in total. The third-order valence-corrected chi connectivity index (χ3v) is 6.68. The average Bonchev–Trinajstić information content (AvgIpc) is 3.62. The number of rotatable bonds is 6. The van der Waals surface area contributed by atoms with Gasteiger partial charge in [0, 0.05) is 33.8 Å². The predicted octanol–water partition coefficient (Wildman–Crippen LogP) is 4.79. The van der Waals surface area contributed by atoms with E-state index in [-0.39, 0.29) is 5.91 Å². The molecule has 0 aliphatic rings. The summed E-state index contributed by atoms with van der Waals surface area (Å²) in [6.45, 7) is 0.301. The number of hydrogen-bond donors (Lipinski definition) is 3. The van der Waals surface area contributed by atoms with E-state index in [0.717, 1.165) is 38.0 Å². The molecule has 0 unspecified atom stereocenters. The summed E-state index contributed by atoms with van der Waals surface area (Å²) in [7, 11) is 3.71. The number of aromatic amines is 2. The Morgan fingerprint density at radius 2 is 2.03 bits per heavy atom. The molecule has 1 aromatic carbocycles. The third-order valence-electron chi connectivity index (χ3n) is 5.78. The first kappa shape index (κ1) is 22.1. The van der Waals surface area contributed by atoms with Crippen molar-refractivity contribution in [3.05, 3.63) is 66.4 Å². The van der Waals surface area contributed by atoms with E-state index in [2.05, 4.69) is 48.0 Å². The van der Waals surface area contributed by atoms with Crippen molar-refractivity contribution in [2.24, 2.45) is 0 Å². The van der Waals surface area contributed by atoms with Crippen LogP contribution in [0.5, 0.6) is 0 Å². The number of carbonyl (C=O) groups is 1. The fourth-order valence-electron chi connectivity index (χ4n) is 4.19. The first-order valence-corrected chi connectivity index (χ1v) is 12.2. The number of benzene rings is 1. The summed E-state index contributed by atoms with van der Waals surface area (Å²) in [6, 6.07) is 14.1. The van der Waals surface area contributed by atoms with Crippen LogP contribution in [0.2, 0.25) is 0 Å². The van der Waals surface area contributed by atoms with Crippen LogP contribution < -0.4 is 5.32 Å². The highest BCUT2D eigenvalue weighted by atomic mass is 32.1. The molecule has 0 radical (unpaired) electrons. The second kappa shape index (κ2) is 8.99. The fourth-order valence-corrected chi connectivity index (χ4v) is 4.95. The van der Waals surface area contributed by atoms with Crippen LogP contribution in [0.15, 0.2) is 66.4 Å². The van der Waals surface area contributed by atoms with Gasteiger partial charge in [-0.3, -0.25) is 14.9 Å². The van der Waals surface area contributed by atoms with Gasteiger partial charge in [0.2, 0.25) is 5.91 Å². The highest BCUT2D eigenvalue weighted by Crippen LogP contribution is 2.34. The van der Waals surface area contributed by atoms with Gasteiger partial charge in [0.15, 0.2) is 11.5 Å². The van der Waals surface area contributed by atoms with Gasteiger partial charge in [0.25, 0.3) is 0 Å². The Morgan fingerprint density at radius 1 is 1.11 bits per heavy atom. The van der Waals surface area contributed by atoms with Crippen molar-refractivity contribution in [1.82, 2.24) is 35.0 Å². The van der Waals surface area contributed by atoms with E-state index in [4.69, 9.17) is 4.98 Å². The standard InChI is InChI=1S/C26H22N8OS/c1-34(2)14-22(35)29-17-10-16(12-27-13-17)15-5-6-20-19(11-15)24(33-32-20)26-30-23-18(21-4-3-9-36-21)7-8-28-25(23)31-26/h3-13H,14H2,1-2H3,(H,29,35)(H,32,33)(H,28,30,31). The maximum atomic E-state index is 12.2. The lowest BCUT2D eigenvalue weighted by Gasteiger charge is -2.11. The molecule has 1 amide bonds. The van der Waals surface area contributed by atoms with Crippen molar-refractivity contribution in [3.63, 3.8) is 0 Å². The van der Waals surface area contributed by atoms with Gasteiger partial charge in [0.05, 0.1) is 29.5 Å². The van der Waals surface area contributed by atoms with Crippen LogP contribution in [-0.4, -0.2) is 61.6 Å². The molecular formula is C26H22N8OS. The van der Waals surface area contributed by atoms with Crippen molar-refractivity contribution in [3.8, 4) is 33.1 Å². The minimum Gasteiger partial charge on any atom is -0.335 e. The number of fused-ring (bicyclic) bond motifs is 2. The first-order chi connectivity index (χ1) is 17.5. The largest absolute Gasteiger partial charge is 0.335 e. The molecule has 178 valence electrons. The molecule has 0 aliphatic carbocycles. The molecule has 0 fully saturated rings. The number of H-pyrrole nitrogens is 2. The molecule has 9 nitrogen and oxygen atoms in total. The van der Waals surface area contributed by atoms with Crippen LogP contribution in [0.3, 0.4) is 0 Å². The minimum atomic E-state index is -0.0908. The topological polar surface area (TPSA) is 115 Å². The molecule has 10 heteroatoms. The van der Waals surface area contributed by atoms with E-state index >= 15 is 0 Å². The molecule has 6 aromatic rings. The highest BCUT2D eigenvalue weighted by Gasteiger charge is 2.17. The van der Waals surface area contributed by atoms with Crippen molar-refractivity contribution in [1.29, 1.82) is 0 Å². The van der Waals surface area contributed by atoms with Gasteiger partial charge in [-0.15, -0.1) is 11.3 Å². The highest BCUT2D eigenvalue weighted by molar-refractivity contribution is 7.13. The summed E-state index contributed by atoms with van der Waals surface area (Å²) in [5.74, 6) is 0.555. The fraction of sp³-hybridized carbons (Fsp3) is 0.115. The Bertz CT molecular complexity index is 1700. The van der Waals surface area contributed by atoms with E-state index in [1.54, 1.807) is 29.9 Å². The Morgan fingerprint density at radius 3 is 2.86 bits per heavy atom. The van der Waals surface area contributed by atoms with Gasteiger partial charge in [-0.05, 0) is 55.4 Å². The predicted molar refractivity (Wildman–Crippen MR) is 143 cm³/mol. The van der Waals surface area contributed by atoms with E-state index in [1.165, 1.54) is 0 Å². The molecule has 0 spiro atoms. The van der Waals surface area contributed by atoms with Crippen LogP contribution in [0.4, 0.5) is 5.69 Å². The maximum absolute atomic E-state index is 12.2. The summed E-state index contributed by atoms with van der Waals surface area (Å²) < 4.78 is 0. The Labute approximate surface area is 210 Å². The molecule has 0 aliphatic heterocycles. The molecular weight excluding hydrogens is 472 g/mol. The van der Waals surface area contributed by atoms with Crippen LogP contribution in [0.25, 0.3) is 55.2 Å². The molecule has 5 heterocycles. The monoisotopic (exact) mass is 494 g/mol. The summed E-state index contributed by atoms with van der Waals surface area (Å²) in [5, 5.41) is 13.5. The number of pyridine rings is 2. The number of likely N-dealkylation sites (N-methyl/N-ethyl adjacent to an activating group) is 1. The molecule has 0 bridgehead atoms.